The Morgan fingerprint density at radius 3 is 2.50 bits per heavy atom. The van der Waals surface area contributed by atoms with Crippen molar-refractivity contribution in [1.82, 2.24) is 0 Å². The van der Waals surface area contributed by atoms with E-state index in [4.69, 9.17) is 11.6 Å². The number of halogens is 4. The van der Waals surface area contributed by atoms with Crippen molar-refractivity contribution in [1.29, 1.82) is 0 Å². The monoisotopic (exact) mass is 194 g/mol. The molecule has 0 atom stereocenters. The molecule has 1 aromatic carbocycles. The molecular formula is C8H6ClF3. The van der Waals surface area contributed by atoms with Crippen molar-refractivity contribution in [2.75, 3.05) is 0 Å². The average Bonchev–Trinajstić information content (AvgIpc) is 2.05. The Morgan fingerprint density at radius 1 is 1.33 bits per heavy atom. The van der Waals surface area contributed by atoms with Crippen LogP contribution in [0.1, 0.15) is 17.6 Å². The summed E-state index contributed by atoms with van der Waals surface area (Å²) in [5.74, 6) is 0. The lowest BCUT2D eigenvalue weighted by Crippen LogP contribution is -1.87. The summed E-state index contributed by atoms with van der Waals surface area (Å²) in [5, 5.41) is 0.182. The minimum absolute atomic E-state index is 0.106. The largest absolute Gasteiger partial charge is 0.263 e. The number of hydrogen-bond donors (Lipinski definition) is 0. The standard InChI is InChI=1S/C8H6ClF3/c9-7-2-1-5(8(11)12)3-6(7)4-10/h1-3,8H,4H2. The van der Waals surface area contributed by atoms with E-state index >= 15 is 0 Å². The second-order valence-corrected chi connectivity index (χ2v) is 2.69. The first-order valence-electron chi connectivity index (χ1n) is 3.27. The molecule has 0 amide bonds. The maximum atomic E-state index is 12.1. The smallest absolute Gasteiger partial charge is 0.246 e. The first kappa shape index (κ1) is 9.39. The molecule has 0 aliphatic heterocycles. The Hall–Kier alpha value is -0.700. The molecule has 0 bridgehead atoms. The fourth-order valence-electron chi connectivity index (χ4n) is 0.833. The van der Waals surface area contributed by atoms with Crippen LogP contribution in [0.2, 0.25) is 5.02 Å². The van der Waals surface area contributed by atoms with Crippen LogP contribution in [0, 0.1) is 0 Å². The molecule has 0 fully saturated rings. The van der Waals surface area contributed by atoms with E-state index in [1.165, 1.54) is 12.1 Å². The van der Waals surface area contributed by atoms with E-state index in [1.54, 1.807) is 0 Å². The Bertz CT molecular complexity index is 273. The van der Waals surface area contributed by atoms with Gasteiger partial charge < -0.3 is 0 Å². The summed E-state index contributed by atoms with van der Waals surface area (Å²) in [7, 11) is 0. The highest BCUT2D eigenvalue weighted by molar-refractivity contribution is 6.31. The normalized spacial score (nSPS) is 10.8. The summed E-state index contributed by atoms with van der Waals surface area (Å²) in [6.07, 6.45) is -2.58. The predicted octanol–water partition coefficient (Wildman–Crippen LogP) is 3.75. The van der Waals surface area contributed by atoms with Crippen LogP contribution < -0.4 is 0 Å². The molecule has 0 saturated carbocycles. The van der Waals surface area contributed by atoms with E-state index in [0.29, 0.717) is 0 Å². The van der Waals surface area contributed by atoms with Crippen LogP contribution in [0.15, 0.2) is 18.2 Å². The second-order valence-electron chi connectivity index (χ2n) is 2.29. The molecule has 1 aromatic rings. The number of benzene rings is 1. The van der Waals surface area contributed by atoms with E-state index in [9.17, 15) is 13.2 Å². The van der Waals surface area contributed by atoms with Crippen LogP contribution in [0.25, 0.3) is 0 Å². The molecule has 12 heavy (non-hydrogen) atoms. The van der Waals surface area contributed by atoms with Crippen LogP contribution >= 0.6 is 11.6 Å². The van der Waals surface area contributed by atoms with Crippen LogP contribution in [0.3, 0.4) is 0 Å². The zero-order valence-corrected chi connectivity index (χ0v) is 6.78. The third-order valence-corrected chi connectivity index (χ3v) is 1.83. The summed E-state index contributed by atoms with van der Waals surface area (Å²) in [4.78, 5) is 0. The molecule has 66 valence electrons. The summed E-state index contributed by atoms with van der Waals surface area (Å²) in [5.41, 5.74) is -0.0958. The third kappa shape index (κ3) is 1.91. The number of rotatable bonds is 2. The van der Waals surface area contributed by atoms with Gasteiger partial charge in [-0.05, 0) is 12.1 Å². The summed E-state index contributed by atoms with van der Waals surface area (Å²) >= 11 is 5.52. The van der Waals surface area contributed by atoms with Crippen molar-refractivity contribution in [3.63, 3.8) is 0 Å². The van der Waals surface area contributed by atoms with Crippen LogP contribution in [0.5, 0.6) is 0 Å². The lowest BCUT2D eigenvalue weighted by Gasteiger charge is -2.02. The third-order valence-electron chi connectivity index (χ3n) is 1.47. The summed E-state index contributed by atoms with van der Waals surface area (Å²) in [6.45, 7) is -0.820. The lowest BCUT2D eigenvalue weighted by molar-refractivity contribution is 0.151. The van der Waals surface area contributed by atoms with Crippen molar-refractivity contribution in [3.8, 4) is 0 Å². The van der Waals surface area contributed by atoms with Gasteiger partial charge in [0.15, 0.2) is 0 Å². The SMILES string of the molecule is FCc1cc(C(F)F)ccc1Cl. The molecule has 0 spiro atoms. The number of alkyl halides is 3. The van der Waals surface area contributed by atoms with Gasteiger partial charge in [-0.15, -0.1) is 0 Å². The molecule has 1 rings (SSSR count). The second kappa shape index (κ2) is 3.81. The van der Waals surface area contributed by atoms with Gasteiger partial charge in [0.2, 0.25) is 0 Å². The highest BCUT2D eigenvalue weighted by atomic mass is 35.5. The molecule has 0 aliphatic rings. The number of hydrogen-bond acceptors (Lipinski definition) is 0. The van der Waals surface area contributed by atoms with Crippen molar-refractivity contribution in [3.05, 3.63) is 34.3 Å². The molecule has 0 heterocycles. The Morgan fingerprint density at radius 2 is 2.00 bits per heavy atom. The van der Waals surface area contributed by atoms with Crippen LogP contribution in [-0.2, 0) is 6.67 Å². The highest BCUT2D eigenvalue weighted by Gasteiger charge is 2.09. The van der Waals surface area contributed by atoms with Crippen molar-refractivity contribution >= 4 is 11.6 Å². The molecule has 0 aromatic heterocycles. The molecular weight excluding hydrogens is 189 g/mol. The fourth-order valence-corrected chi connectivity index (χ4v) is 1.00. The molecule has 0 unspecified atom stereocenters. The van der Waals surface area contributed by atoms with E-state index in [2.05, 4.69) is 0 Å². The van der Waals surface area contributed by atoms with Gasteiger partial charge >= 0.3 is 0 Å². The zero-order chi connectivity index (χ0) is 9.14. The summed E-state index contributed by atoms with van der Waals surface area (Å²) < 4.78 is 36.2. The van der Waals surface area contributed by atoms with Crippen LogP contribution in [0.4, 0.5) is 13.2 Å². The molecule has 0 saturated heterocycles. The maximum Gasteiger partial charge on any atom is 0.263 e. The minimum atomic E-state index is -2.58. The van der Waals surface area contributed by atoms with Gasteiger partial charge in [0, 0.05) is 16.1 Å². The quantitative estimate of drug-likeness (QED) is 0.673. The van der Waals surface area contributed by atoms with E-state index < -0.39 is 13.1 Å². The first-order chi connectivity index (χ1) is 5.65. The predicted molar refractivity (Wildman–Crippen MR) is 41.2 cm³/mol. The molecule has 0 nitrogen and oxygen atoms in total. The van der Waals surface area contributed by atoms with Gasteiger partial charge in [-0.3, -0.25) is 0 Å². The van der Waals surface area contributed by atoms with Gasteiger partial charge in [0.25, 0.3) is 6.43 Å². The van der Waals surface area contributed by atoms with Crippen molar-refractivity contribution in [2.45, 2.75) is 13.1 Å². The van der Waals surface area contributed by atoms with Crippen LogP contribution in [-0.4, -0.2) is 0 Å². The fraction of sp³-hybridized carbons (Fsp3) is 0.250. The Kier molecular flexibility index (Phi) is 2.98. The van der Waals surface area contributed by atoms with Gasteiger partial charge in [0.1, 0.15) is 6.67 Å². The maximum absolute atomic E-state index is 12.1. The van der Waals surface area contributed by atoms with E-state index in [1.807, 2.05) is 0 Å². The topological polar surface area (TPSA) is 0 Å². The van der Waals surface area contributed by atoms with E-state index in [0.717, 1.165) is 6.07 Å². The Balaban J connectivity index is 3.05. The average molecular weight is 195 g/mol. The van der Waals surface area contributed by atoms with Crippen molar-refractivity contribution < 1.29 is 13.2 Å². The lowest BCUT2D eigenvalue weighted by atomic mass is 10.1. The zero-order valence-electron chi connectivity index (χ0n) is 6.03. The van der Waals surface area contributed by atoms with Gasteiger partial charge in [0.05, 0.1) is 0 Å². The highest BCUT2D eigenvalue weighted by Crippen LogP contribution is 2.24. The minimum Gasteiger partial charge on any atom is -0.246 e. The Labute approximate surface area is 73.0 Å². The van der Waals surface area contributed by atoms with Gasteiger partial charge in [-0.1, -0.05) is 17.7 Å². The molecule has 0 radical (unpaired) electrons. The summed E-state index contributed by atoms with van der Waals surface area (Å²) in [6, 6.07) is 3.54. The molecule has 0 aliphatic carbocycles. The molecule has 4 heteroatoms. The van der Waals surface area contributed by atoms with Crippen molar-refractivity contribution in [2.24, 2.45) is 0 Å². The van der Waals surface area contributed by atoms with Gasteiger partial charge in [-0.2, -0.15) is 0 Å². The molecule has 0 N–H and O–H groups in total. The first-order valence-corrected chi connectivity index (χ1v) is 3.65. The van der Waals surface area contributed by atoms with E-state index in [-0.39, 0.29) is 16.1 Å². The van der Waals surface area contributed by atoms with Gasteiger partial charge in [-0.25, -0.2) is 13.2 Å².